The zero-order valence-electron chi connectivity index (χ0n) is 49.4. The average molecular weight is 1200 g/mol. The minimum absolute atomic E-state index is 0.00684. The van der Waals surface area contributed by atoms with Crippen molar-refractivity contribution in [3.63, 3.8) is 0 Å². The number of amides is 6. The summed E-state index contributed by atoms with van der Waals surface area (Å²) in [5.41, 5.74) is 15.1. The lowest BCUT2D eigenvalue weighted by Gasteiger charge is -2.33. The van der Waals surface area contributed by atoms with Crippen molar-refractivity contribution >= 4 is 52.5 Å². The molecule has 2 atom stereocenters. The molecule has 5 heterocycles. The maximum atomic E-state index is 13.7. The lowest BCUT2D eigenvalue weighted by atomic mass is 9.95. The number of nitrogens with zero attached hydrogens (tertiary/aromatic N) is 8. The minimum Gasteiger partial charge on any atom is -0.463 e. The molecule has 0 spiro atoms. The molecule has 86 heavy (non-hydrogen) atoms. The number of carbonyl (C=O) groups excluding carboxylic acids is 5. The van der Waals surface area contributed by atoms with Crippen molar-refractivity contribution in [3.8, 4) is 6.01 Å². The standard InChI is InChI=1S/C57H84N16O13/c1-4-5-24-84-55-66-49(58)48-51(67-55)73(56(78)65-48)35-40-10-8-39(9-11-40)34-70-20-16-42(17-21-70)50-69-68-45-36-71(22-23-72(45)50)57(79)85-37-41-12-14-43(15-13-41)62-52(75)44(7-6-19-61-54(59)77)63-53(76)47(38(2)3)64-46(74)18-25-80-26-27-81-28-29-82-30-31-83-32-33-86-60/h8-15,38,42,44,47H,4-7,16-37,60H2,1-3H3,(H,62,75)(H,63,76)(H,64,74)(H,65,78)(H2,58,66,67)(H3,59,61,77). The third-order valence-corrected chi connectivity index (χ3v) is 14.5. The molecule has 29 nitrogen and oxygen atoms in total. The van der Waals surface area contributed by atoms with Crippen LogP contribution in [0.1, 0.15) is 100.0 Å². The fourth-order valence-electron chi connectivity index (χ4n) is 9.74. The van der Waals surface area contributed by atoms with Gasteiger partial charge in [-0.1, -0.05) is 63.6 Å². The van der Waals surface area contributed by atoms with Gasteiger partial charge in [-0.25, -0.2) is 20.3 Å². The summed E-state index contributed by atoms with van der Waals surface area (Å²) in [6.45, 7) is 13.2. The molecule has 6 amide bonds. The van der Waals surface area contributed by atoms with Gasteiger partial charge in [0.05, 0.1) is 79.2 Å². The monoisotopic (exact) mass is 1200 g/mol. The first kappa shape index (κ1) is 65.7. The van der Waals surface area contributed by atoms with Gasteiger partial charge in [0.15, 0.2) is 17.3 Å². The molecule has 1 saturated heterocycles. The molecule has 470 valence electrons. The molecule has 5 aromatic rings. The Hall–Kier alpha value is -7.80. The number of hydrogen-bond donors (Lipinski definition) is 8. The van der Waals surface area contributed by atoms with Gasteiger partial charge < -0.3 is 75.5 Å². The smallest absolute Gasteiger partial charge is 0.410 e. The molecule has 2 aromatic carbocycles. The van der Waals surface area contributed by atoms with E-state index in [1.807, 2.05) is 12.1 Å². The summed E-state index contributed by atoms with van der Waals surface area (Å²) in [6.07, 6.45) is 3.60. The molecular weight excluding hydrogens is 1120 g/mol. The topological polar surface area (TPSA) is 377 Å². The van der Waals surface area contributed by atoms with E-state index in [0.29, 0.717) is 107 Å². The summed E-state index contributed by atoms with van der Waals surface area (Å²) in [5, 5.41) is 20.0. The molecule has 3 aromatic heterocycles. The number of primary amides is 1. The fraction of sp³-hybridized carbons (Fsp3) is 0.579. The number of unbranched alkanes of at least 4 members (excludes halogenated alkanes) is 1. The number of hydrogen-bond acceptors (Lipinski definition) is 20. The van der Waals surface area contributed by atoms with Gasteiger partial charge in [-0.15, -0.1) is 10.2 Å². The number of carbonyl (C=O) groups is 5. The van der Waals surface area contributed by atoms with E-state index < -0.39 is 41.9 Å². The van der Waals surface area contributed by atoms with Crippen molar-refractivity contribution in [2.45, 2.75) is 117 Å². The lowest BCUT2D eigenvalue weighted by Crippen LogP contribution is -2.54. The summed E-state index contributed by atoms with van der Waals surface area (Å²) >= 11 is 0. The van der Waals surface area contributed by atoms with Gasteiger partial charge in [0, 0.05) is 44.2 Å². The van der Waals surface area contributed by atoms with Crippen LogP contribution in [0.3, 0.4) is 0 Å². The Morgan fingerprint density at radius 3 is 2.06 bits per heavy atom. The van der Waals surface area contributed by atoms with Gasteiger partial charge in [0.1, 0.15) is 30.0 Å². The highest BCUT2D eigenvalue weighted by Crippen LogP contribution is 2.30. The summed E-state index contributed by atoms with van der Waals surface area (Å²) in [5.74, 6) is 5.15. The summed E-state index contributed by atoms with van der Waals surface area (Å²) in [4.78, 5) is 97.8. The zero-order valence-corrected chi connectivity index (χ0v) is 49.4. The van der Waals surface area contributed by atoms with E-state index in [4.69, 9.17) is 45.8 Å². The molecule has 0 radical (unpaired) electrons. The van der Waals surface area contributed by atoms with E-state index in [0.717, 1.165) is 62.3 Å². The van der Waals surface area contributed by atoms with E-state index in [1.165, 1.54) is 0 Å². The number of aromatic amines is 1. The second-order valence-corrected chi connectivity index (χ2v) is 21.3. The molecule has 11 N–H and O–H groups in total. The maximum Gasteiger partial charge on any atom is 0.410 e. The average Bonchev–Trinajstić information content (AvgIpc) is 2.15. The van der Waals surface area contributed by atoms with E-state index in [1.54, 1.807) is 47.6 Å². The summed E-state index contributed by atoms with van der Waals surface area (Å²) in [6, 6.07) is 12.4. The molecule has 0 saturated carbocycles. The number of aromatic nitrogens is 7. The van der Waals surface area contributed by atoms with Crippen LogP contribution in [0.4, 0.5) is 21.1 Å². The number of imidazole rings is 1. The van der Waals surface area contributed by atoms with Crippen LogP contribution in [0.2, 0.25) is 0 Å². The van der Waals surface area contributed by atoms with Crippen LogP contribution in [-0.2, 0) is 75.7 Å². The van der Waals surface area contributed by atoms with Crippen molar-refractivity contribution < 1.29 is 57.2 Å². The number of likely N-dealkylation sites (tertiary alicyclic amines) is 1. The van der Waals surface area contributed by atoms with E-state index >= 15 is 0 Å². The van der Waals surface area contributed by atoms with Crippen LogP contribution in [0.15, 0.2) is 53.3 Å². The van der Waals surface area contributed by atoms with Gasteiger partial charge in [0.25, 0.3) is 0 Å². The first-order valence-electron chi connectivity index (χ1n) is 29.4. The van der Waals surface area contributed by atoms with Crippen LogP contribution in [0.5, 0.6) is 6.01 Å². The number of nitrogens with one attached hydrogen (secondary N) is 5. The second kappa shape index (κ2) is 34.4. The number of urea groups is 1. The molecular formula is C57H84N16O13. The number of anilines is 2. The van der Waals surface area contributed by atoms with Crippen LogP contribution >= 0.6 is 0 Å². The maximum absolute atomic E-state index is 13.7. The third kappa shape index (κ3) is 20.4. The van der Waals surface area contributed by atoms with Crippen LogP contribution in [0, 0.1) is 5.92 Å². The van der Waals surface area contributed by atoms with Gasteiger partial charge in [-0.3, -0.25) is 28.8 Å². The Kier molecular flexibility index (Phi) is 26.3. The Labute approximate surface area is 499 Å². The lowest BCUT2D eigenvalue weighted by molar-refractivity contribution is -0.132. The van der Waals surface area contributed by atoms with Gasteiger partial charge >= 0.3 is 23.8 Å². The third-order valence-electron chi connectivity index (χ3n) is 14.5. The van der Waals surface area contributed by atoms with Crippen molar-refractivity contribution in [2.24, 2.45) is 17.5 Å². The molecule has 0 aliphatic carbocycles. The van der Waals surface area contributed by atoms with Gasteiger partial charge in [0.2, 0.25) is 17.7 Å². The molecule has 29 heteroatoms. The second-order valence-electron chi connectivity index (χ2n) is 21.3. The van der Waals surface area contributed by atoms with Crippen LogP contribution in [0.25, 0.3) is 11.2 Å². The number of nitrogens with two attached hydrogens (primary N) is 3. The quantitative estimate of drug-likeness (QED) is 0.0211. The largest absolute Gasteiger partial charge is 0.463 e. The van der Waals surface area contributed by atoms with Crippen molar-refractivity contribution in [1.82, 2.24) is 60.0 Å². The molecule has 0 bridgehead atoms. The van der Waals surface area contributed by atoms with Crippen LogP contribution in [-0.4, -0.2) is 178 Å². The molecule has 2 aliphatic heterocycles. The highest BCUT2D eigenvalue weighted by molar-refractivity contribution is 5.98. The van der Waals surface area contributed by atoms with Crippen molar-refractivity contribution in [2.75, 3.05) is 103 Å². The predicted octanol–water partition coefficient (Wildman–Crippen LogP) is 2.41. The van der Waals surface area contributed by atoms with Gasteiger partial charge in [-0.2, -0.15) is 9.97 Å². The molecule has 1 fully saturated rings. The highest BCUT2D eigenvalue weighted by atomic mass is 16.6. The number of rotatable bonds is 36. The number of nitrogen functional groups attached to an aromatic ring is 1. The number of ether oxygens (including phenoxy) is 6. The summed E-state index contributed by atoms with van der Waals surface area (Å²) < 4.78 is 36.7. The van der Waals surface area contributed by atoms with Gasteiger partial charge in [-0.05, 0) is 79.9 Å². The first-order chi connectivity index (χ1) is 41.7. The molecule has 2 unspecified atom stereocenters. The number of fused-ring (bicyclic) bond motifs is 2. The van der Waals surface area contributed by atoms with Crippen molar-refractivity contribution in [3.05, 3.63) is 87.4 Å². The summed E-state index contributed by atoms with van der Waals surface area (Å²) in [7, 11) is 0. The zero-order chi connectivity index (χ0) is 61.2. The Balaban J connectivity index is 0.810. The molecule has 2 aliphatic rings. The normalized spacial score (nSPS) is 14.4. The first-order valence-corrected chi connectivity index (χ1v) is 29.4. The van der Waals surface area contributed by atoms with Crippen molar-refractivity contribution in [1.29, 1.82) is 0 Å². The van der Waals surface area contributed by atoms with Crippen LogP contribution < -0.4 is 49.1 Å². The minimum atomic E-state index is -1.04. The van der Waals surface area contributed by atoms with E-state index in [-0.39, 0.29) is 75.1 Å². The Morgan fingerprint density at radius 2 is 1.41 bits per heavy atom. The Morgan fingerprint density at radius 1 is 0.756 bits per heavy atom. The predicted molar refractivity (Wildman–Crippen MR) is 315 cm³/mol. The fourth-order valence-corrected chi connectivity index (χ4v) is 9.74. The molecule has 7 rings (SSSR count). The number of benzene rings is 2. The van der Waals surface area contributed by atoms with E-state index in [9.17, 15) is 28.8 Å². The Bertz CT molecular complexity index is 3000. The number of piperidine rings is 1. The highest BCUT2D eigenvalue weighted by Gasteiger charge is 2.32. The SMILES string of the molecule is CCCCOc1nc(N)c2[nH]c(=O)n(Cc3ccc(CN4CCC(c5nnc6n5CCN(C(=O)OCc5ccc(NC(=O)C(CCCNC(N)=O)NC(=O)C(NC(=O)CCOCCOCCOCCOCCON)C(C)C)cc5)C6)CC4)cc3)c2n1. The number of H-pyrrole nitrogens is 1. The van der Waals surface area contributed by atoms with E-state index in [2.05, 4.69) is 79.8 Å².